The fourth-order valence-corrected chi connectivity index (χ4v) is 3.13. The van der Waals surface area contributed by atoms with E-state index in [1.807, 2.05) is 0 Å². The molecule has 2 rings (SSSR count). The van der Waals surface area contributed by atoms with Crippen LogP contribution in [0.5, 0.6) is 0 Å². The summed E-state index contributed by atoms with van der Waals surface area (Å²) in [6.45, 7) is 6.73. The molecule has 0 N–H and O–H groups in total. The van der Waals surface area contributed by atoms with Gasteiger partial charge in [0, 0.05) is 0 Å². The standard InChI is InChI=1S/C10H16.C7H9.Tl/c1-3-4-10-7-5-9(2)6-8-10;1-7-5-3-2-4-6-7;/h5-10H,3-4H2,1-2H3;3-6H,2H2,1H3;. The maximum absolute atomic E-state index is 2.33. The second-order valence-electron chi connectivity index (χ2n) is 5.49. The molecule has 0 bridgehead atoms. The molecule has 0 saturated heterocycles. The van der Waals surface area contributed by atoms with Gasteiger partial charge in [-0.3, -0.25) is 0 Å². The topological polar surface area (TPSA) is 0 Å². The van der Waals surface area contributed by atoms with Crippen molar-refractivity contribution in [2.24, 2.45) is 11.8 Å². The van der Waals surface area contributed by atoms with Crippen LogP contribution in [0.1, 0.15) is 40.0 Å². The zero-order valence-corrected chi connectivity index (χ0v) is 16.5. The normalized spacial score (nSPS) is 27.7. The van der Waals surface area contributed by atoms with Crippen LogP contribution in [0, 0.1) is 11.8 Å². The van der Waals surface area contributed by atoms with E-state index >= 15 is 0 Å². The molecule has 0 aromatic heterocycles. The second-order valence-corrected chi connectivity index (χ2v) is 10.3. The fraction of sp³-hybridized carbons (Fsp3) is 0.529. The molecule has 18 heavy (non-hydrogen) atoms. The van der Waals surface area contributed by atoms with Crippen molar-refractivity contribution in [2.45, 2.75) is 43.0 Å². The molecular weight excluding hydrogens is 409 g/mol. The van der Waals surface area contributed by atoms with Gasteiger partial charge in [-0.1, -0.05) is 44.6 Å². The van der Waals surface area contributed by atoms with Crippen molar-refractivity contribution in [3.05, 3.63) is 48.6 Å². The van der Waals surface area contributed by atoms with Crippen molar-refractivity contribution >= 4 is 25.8 Å². The van der Waals surface area contributed by atoms with E-state index in [0.717, 1.165) is 38.1 Å². The summed E-state index contributed by atoms with van der Waals surface area (Å²) >= 11 is 1.04. The van der Waals surface area contributed by atoms with E-state index in [9.17, 15) is 0 Å². The Hall–Kier alpha value is -0.118. The van der Waals surface area contributed by atoms with Crippen LogP contribution in [0.2, 0.25) is 2.97 Å². The van der Waals surface area contributed by atoms with E-state index in [4.69, 9.17) is 0 Å². The van der Waals surface area contributed by atoms with Crippen molar-refractivity contribution in [1.29, 1.82) is 0 Å². The Morgan fingerprint density at radius 2 is 1.67 bits per heavy atom. The predicted octanol–water partition coefficient (Wildman–Crippen LogP) is 5.01. The van der Waals surface area contributed by atoms with Gasteiger partial charge in [0.25, 0.3) is 0 Å². The summed E-state index contributed by atoms with van der Waals surface area (Å²) in [7, 11) is 0. The molecule has 1 heteroatoms. The van der Waals surface area contributed by atoms with Crippen LogP contribution >= 0.6 is 0 Å². The SMILES string of the molecule is CCCC1C=CC(C)C=C1.C[C]1([Tl])C=CCC=C1. The Bertz CT molecular complexity index is 317. The average molecular weight is 434 g/mol. The number of allylic oxidation sites excluding steroid dienone is 8. The number of hydrogen-bond acceptors (Lipinski definition) is 0. The summed E-state index contributed by atoms with van der Waals surface area (Å²) in [5, 5.41) is 0. The van der Waals surface area contributed by atoms with Gasteiger partial charge in [0.15, 0.2) is 0 Å². The Labute approximate surface area is 129 Å². The van der Waals surface area contributed by atoms with Gasteiger partial charge in [-0.15, -0.1) is 0 Å². The van der Waals surface area contributed by atoms with Crippen LogP contribution in [0.25, 0.3) is 0 Å². The molecule has 2 aliphatic rings. The van der Waals surface area contributed by atoms with E-state index < -0.39 is 0 Å². The van der Waals surface area contributed by atoms with Crippen molar-refractivity contribution in [3.8, 4) is 0 Å². The first kappa shape index (κ1) is 15.9. The summed E-state index contributed by atoms with van der Waals surface area (Å²) in [5.41, 5.74) is 0. The molecule has 0 fully saturated rings. The zero-order valence-electron chi connectivity index (χ0n) is 12.0. The Balaban J connectivity index is 0.000000184. The molecule has 0 aliphatic heterocycles. The van der Waals surface area contributed by atoms with E-state index in [1.165, 1.54) is 12.8 Å². The number of hydrogen-bond donors (Lipinski definition) is 0. The summed E-state index contributed by atoms with van der Waals surface area (Å²) in [4.78, 5) is 0. The van der Waals surface area contributed by atoms with Crippen LogP contribution < -0.4 is 0 Å². The first-order valence-corrected chi connectivity index (χ1v) is 9.29. The van der Waals surface area contributed by atoms with E-state index in [-0.39, 0.29) is 0 Å². The van der Waals surface area contributed by atoms with Crippen LogP contribution in [0.15, 0.2) is 48.6 Å². The molecular formula is C17H25Tl. The monoisotopic (exact) mass is 434 g/mol. The summed E-state index contributed by atoms with van der Waals surface area (Å²) in [5.74, 6) is 1.38. The van der Waals surface area contributed by atoms with Crippen molar-refractivity contribution in [3.63, 3.8) is 0 Å². The average Bonchev–Trinajstić information content (AvgIpc) is 2.33. The molecule has 0 amide bonds. The van der Waals surface area contributed by atoms with Crippen LogP contribution in [-0.2, 0) is 0 Å². The van der Waals surface area contributed by atoms with E-state index in [1.54, 1.807) is 0 Å². The van der Waals surface area contributed by atoms with Gasteiger partial charge < -0.3 is 0 Å². The summed E-state index contributed by atoms with van der Waals surface area (Å²) in [6.07, 6.45) is 22.1. The first-order chi connectivity index (χ1) is 8.53. The van der Waals surface area contributed by atoms with Gasteiger partial charge in [0.05, 0.1) is 0 Å². The van der Waals surface area contributed by atoms with Gasteiger partial charge in [0.2, 0.25) is 0 Å². The quantitative estimate of drug-likeness (QED) is 0.424. The summed E-state index contributed by atoms with van der Waals surface area (Å²) < 4.78 is 0.484. The van der Waals surface area contributed by atoms with Crippen LogP contribution in [0.4, 0.5) is 0 Å². The molecule has 0 spiro atoms. The first-order valence-electron chi connectivity index (χ1n) is 7.04. The predicted molar refractivity (Wildman–Crippen MR) is 82.9 cm³/mol. The minimum absolute atomic E-state index is 0.484. The molecule has 0 radical (unpaired) electrons. The number of rotatable bonds is 2. The summed E-state index contributed by atoms with van der Waals surface area (Å²) in [6, 6.07) is 0. The van der Waals surface area contributed by atoms with Gasteiger partial charge in [-0.2, -0.15) is 0 Å². The van der Waals surface area contributed by atoms with Gasteiger partial charge in [-0.25, -0.2) is 0 Å². The third kappa shape index (κ3) is 6.72. The molecule has 0 saturated carbocycles. The van der Waals surface area contributed by atoms with Gasteiger partial charge in [-0.05, 0) is 18.3 Å². The third-order valence-electron chi connectivity index (χ3n) is 3.17. The molecule has 0 unspecified atom stereocenters. The van der Waals surface area contributed by atoms with E-state index in [2.05, 4.69) is 69.4 Å². The molecule has 0 nitrogen and oxygen atoms in total. The Morgan fingerprint density at radius 3 is 2.06 bits per heavy atom. The third-order valence-corrected chi connectivity index (χ3v) is 4.67. The van der Waals surface area contributed by atoms with Gasteiger partial charge in [0.1, 0.15) is 0 Å². The van der Waals surface area contributed by atoms with Crippen LogP contribution in [-0.4, -0.2) is 25.8 Å². The van der Waals surface area contributed by atoms with Gasteiger partial charge >= 0.3 is 66.4 Å². The second kappa shape index (κ2) is 8.13. The molecule has 0 heterocycles. The van der Waals surface area contributed by atoms with Crippen molar-refractivity contribution < 1.29 is 0 Å². The van der Waals surface area contributed by atoms with Crippen molar-refractivity contribution in [1.82, 2.24) is 0 Å². The molecule has 2 aliphatic carbocycles. The minimum atomic E-state index is 0.484. The fourth-order valence-electron chi connectivity index (χ4n) is 2.07. The van der Waals surface area contributed by atoms with Crippen molar-refractivity contribution in [2.75, 3.05) is 0 Å². The molecule has 96 valence electrons. The zero-order chi connectivity index (χ0) is 13.4. The molecule has 0 atom stereocenters. The Kier molecular flexibility index (Phi) is 7.20. The molecule has 0 aromatic rings. The van der Waals surface area contributed by atoms with Crippen LogP contribution in [0.3, 0.4) is 0 Å². The van der Waals surface area contributed by atoms with E-state index in [0.29, 0.717) is 8.89 Å². The molecule has 0 aromatic carbocycles. The maximum atomic E-state index is 2.33. The Morgan fingerprint density at radius 1 is 1.11 bits per heavy atom.